The molecule has 0 bridgehead atoms. The molecule has 0 saturated heterocycles. The van der Waals surface area contributed by atoms with Gasteiger partial charge in [0.1, 0.15) is 14.6 Å². The third kappa shape index (κ3) is 3.08. The van der Waals surface area contributed by atoms with Crippen LogP contribution in [0.4, 0.5) is 0 Å². The first-order chi connectivity index (χ1) is 10.0. The molecule has 3 N–H and O–H groups in total. The lowest BCUT2D eigenvalue weighted by Gasteiger charge is -2.25. The quantitative estimate of drug-likeness (QED) is 0.705. The predicted molar refractivity (Wildman–Crippen MR) is 84.1 cm³/mol. The Bertz CT molecular complexity index is 769. The molecule has 126 valence electrons. The molecule has 2 unspecified atom stereocenters. The molecule has 1 aliphatic rings. The van der Waals surface area contributed by atoms with Crippen molar-refractivity contribution in [3.8, 4) is 0 Å². The van der Waals surface area contributed by atoms with Gasteiger partial charge in [-0.3, -0.25) is 5.32 Å². The van der Waals surface area contributed by atoms with Gasteiger partial charge in [0.15, 0.2) is 9.84 Å². The van der Waals surface area contributed by atoms with E-state index in [1.54, 1.807) is 6.92 Å². The summed E-state index contributed by atoms with van der Waals surface area (Å²) in [6.45, 7) is 6.07. The number of primary sulfonamides is 1. The van der Waals surface area contributed by atoms with Crippen LogP contribution in [0.2, 0.25) is 0 Å². The van der Waals surface area contributed by atoms with Gasteiger partial charge in [-0.25, -0.2) is 22.0 Å². The van der Waals surface area contributed by atoms with Gasteiger partial charge in [-0.2, -0.15) is 0 Å². The Morgan fingerprint density at radius 2 is 2.18 bits per heavy atom. The molecule has 0 fully saturated rings. The minimum absolute atomic E-state index is 0.102. The number of nitrogens with two attached hydrogens (primary N) is 1. The van der Waals surface area contributed by atoms with E-state index >= 15 is 0 Å². The molecule has 0 aliphatic carbocycles. The number of sulfonamides is 1. The molecule has 0 saturated carbocycles. The van der Waals surface area contributed by atoms with E-state index < -0.39 is 24.6 Å². The lowest BCUT2D eigenvalue weighted by Crippen LogP contribution is -2.46. The van der Waals surface area contributed by atoms with Gasteiger partial charge in [0.25, 0.3) is 0 Å². The zero-order valence-corrected chi connectivity index (χ0v) is 15.1. The summed E-state index contributed by atoms with van der Waals surface area (Å²) in [6, 6.07) is 1.37. The maximum atomic E-state index is 12.7. The van der Waals surface area contributed by atoms with Crippen LogP contribution in [-0.2, 0) is 31.0 Å². The van der Waals surface area contributed by atoms with Crippen molar-refractivity contribution in [1.29, 1.82) is 0 Å². The van der Waals surface area contributed by atoms with Crippen LogP contribution < -0.4 is 10.5 Å². The maximum absolute atomic E-state index is 12.7. The predicted octanol–water partition coefficient (Wildman–Crippen LogP) is 0.456. The van der Waals surface area contributed by atoms with E-state index in [2.05, 4.69) is 5.32 Å². The summed E-state index contributed by atoms with van der Waals surface area (Å²) in [7, 11) is -7.50. The van der Waals surface area contributed by atoms with Crippen LogP contribution in [0.15, 0.2) is 14.5 Å². The summed E-state index contributed by atoms with van der Waals surface area (Å²) in [4.78, 5) is 0. The largest absolute Gasteiger partial charge is 0.364 e. The van der Waals surface area contributed by atoms with Crippen molar-refractivity contribution in [1.82, 2.24) is 5.32 Å². The molecule has 0 aromatic carbocycles. The van der Waals surface area contributed by atoms with Crippen LogP contribution in [-0.4, -0.2) is 41.0 Å². The van der Waals surface area contributed by atoms with Crippen molar-refractivity contribution in [2.45, 2.75) is 46.6 Å². The molecule has 7 nitrogen and oxygen atoms in total. The second kappa shape index (κ2) is 5.84. The van der Waals surface area contributed by atoms with Gasteiger partial charge < -0.3 is 4.74 Å². The summed E-state index contributed by atoms with van der Waals surface area (Å²) in [5.74, 6) is 0. The second-order valence-corrected chi connectivity index (χ2v) is 11.0. The third-order valence-electron chi connectivity index (χ3n) is 3.67. The number of nitrogens with one attached hydrogen (secondary N) is 1. The van der Waals surface area contributed by atoms with Crippen LogP contribution in [0.5, 0.6) is 0 Å². The summed E-state index contributed by atoms with van der Waals surface area (Å²) in [6.07, 6.45) is -0.00152. The van der Waals surface area contributed by atoms with Gasteiger partial charge >= 0.3 is 0 Å². The van der Waals surface area contributed by atoms with E-state index in [0.717, 1.165) is 11.3 Å². The standard InChI is InChI=1S/C12H20N2O5S3/c1-4-19-8(2)14-7-12(3)6-9-5-10(22(13,17)18)20-11(9)21(12,15)16/h5,8,14H,4,6-7H2,1-3H3,(H2,13,17,18). The van der Waals surface area contributed by atoms with Gasteiger partial charge in [0.2, 0.25) is 10.0 Å². The number of hydrogen-bond donors (Lipinski definition) is 2. The molecular weight excluding hydrogens is 348 g/mol. The number of thiophene rings is 1. The lowest BCUT2D eigenvalue weighted by molar-refractivity contribution is 0.0503. The normalized spacial score (nSPS) is 25.1. The van der Waals surface area contributed by atoms with Crippen molar-refractivity contribution >= 4 is 31.2 Å². The van der Waals surface area contributed by atoms with Crippen LogP contribution in [0.1, 0.15) is 26.3 Å². The zero-order valence-electron chi connectivity index (χ0n) is 12.6. The summed E-state index contributed by atoms with van der Waals surface area (Å²) >= 11 is 0.723. The van der Waals surface area contributed by atoms with Crippen molar-refractivity contribution in [2.75, 3.05) is 13.2 Å². The van der Waals surface area contributed by atoms with Crippen molar-refractivity contribution < 1.29 is 21.6 Å². The Morgan fingerprint density at radius 1 is 1.55 bits per heavy atom. The number of hydrogen-bond acceptors (Lipinski definition) is 7. The van der Waals surface area contributed by atoms with Gasteiger partial charge in [-0.15, -0.1) is 11.3 Å². The minimum Gasteiger partial charge on any atom is -0.364 e. The SMILES string of the molecule is CCOC(C)NCC1(C)Cc2cc(S(N)(=O)=O)sc2S1(=O)=O. The van der Waals surface area contributed by atoms with Crippen molar-refractivity contribution in [2.24, 2.45) is 5.14 Å². The van der Waals surface area contributed by atoms with Crippen LogP contribution >= 0.6 is 11.3 Å². The fourth-order valence-corrected chi connectivity index (χ4v) is 7.11. The Balaban J connectivity index is 2.27. The Kier molecular flexibility index (Phi) is 4.73. The second-order valence-electron chi connectivity index (χ2n) is 5.53. The Hall–Kier alpha value is -0.520. The summed E-state index contributed by atoms with van der Waals surface area (Å²) in [5, 5.41) is 8.12. The minimum atomic E-state index is -3.88. The summed E-state index contributed by atoms with van der Waals surface area (Å²) < 4.78 is 52.5. The number of fused-ring (bicyclic) bond motifs is 1. The number of sulfone groups is 1. The molecule has 10 heteroatoms. The molecule has 2 atom stereocenters. The van der Waals surface area contributed by atoms with Crippen LogP contribution in [0.3, 0.4) is 0 Å². The summed E-state index contributed by atoms with van der Waals surface area (Å²) in [5.41, 5.74) is 0.516. The molecule has 0 spiro atoms. The molecule has 1 aromatic rings. The average molecular weight is 369 g/mol. The molecule has 1 aliphatic heterocycles. The van der Waals surface area contributed by atoms with Crippen molar-refractivity contribution in [3.05, 3.63) is 11.6 Å². The van der Waals surface area contributed by atoms with Crippen molar-refractivity contribution in [3.63, 3.8) is 0 Å². The fraction of sp³-hybridized carbons (Fsp3) is 0.667. The molecular formula is C12H20N2O5S3. The van der Waals surface area contributed by atoms with Crippen LogP contribution in [0.25, 0.3) is 0 Å². The fourth-order valence-electron chi connectivity index (χ4n) is 2.43. The van der Waals surface area contributed by atoms with E-state index in [9.17, 15) is 16.8 Å². The van der Waals surface area contributed by atoms with Crippen LogP contribution in [0, 0.1) is 0 Å². The maximum Gasteiger partial charge on any atom is 0.247 e. The zero-order chi connectivity index (χ0) is 16.8. The van der Waals surface area contributed by atoms with Gasteiger partial charge in [-0.05, 0) is 38.8 Å². The van der Waals surface area contributed by atoms with E-state index in [4.69, 9.17) is 9.88 Å². The lowest BCUT2D eigenvalue weighted by atomic mass is 10.0. The smallest absolute Gasteiger partial charge is 0.247 e. The topological polar surface area (TPSA) is 116 Å². The van der Waals surface area contributed by atoms with E-state index in [1.807, 2.05) is 13.8 Å². The Labute approximate surface area is 134 Å². The van der Waals surface area contributed by atoms with Gasteiger partial charge in [-0.1, -0.05) is 0 Å². The molecule has 22 heavy (non-hydrogen) atoms. The highest BCUT2D eigenvalue weighted by Gasteiger charge is 2.49. The highest BCUT2D eigenvalue weighted by atomic mass is 32.3. The average Bonchev–Trinajstić information content (AvgIpc) is 2.87. The van der Waals surface area contributed by atoms with E-state index in [-0.39, 0.29) is 27.6 Å². The monoisotopic (exact) mass is 368 g/mol. The molecule has 2 heterocycles. The molecule has 0 amide bonds. The van der Waals surface area contributed by atoms with Gasteiger partial charge in [0, 0.05) is 13.2 Å². The highest BCUT2D eigenvalue weighted by Crippen LogP contribution is 2.44. The Morgan fingerprint density at radius 3 is 2.68 bits per heavy atom. The highest BCUT2D eigenvalue weighted by molar-refractivity contribution is 7.96. The van der Waals surface area contributed by atoms with E-state index in [0.29, 0.717) is 12.2 Å². The first-order valence-electron chi connectivity index (χ1n) is 6.76. The van der Waals surface area contributed by atoms with E-state index in [1.165, 1.54) is 6.07 Å². The molecule has 0 radical (unpaired) electrons. The first-order valence-corrected chi connectivity index (χ1v) is 10.6. The molecule has 1 aromatic heterocycles. The number of rotatable bonds is 6. The third-order valence-corrected chi connectivity index (χ3v) is 9.30. The van der Waals surface area contributed by atoms with Gasteiger partial charge in [0.05, 0.1) is 4.75 Å². The first kappa shape index (κ1) is 17.8. The molecule has 2 rings (SSSR count). The number of ether oxygens (including phenoxy) is 1.